The molecule has 2 N–H and O–H groups in total. The van der Waals surface area contributed by atoms with E-state index < -0.39 is 0 Å². The predicted molar refractivity (Wildman–Crippen MR) is 78.6 cm³/mol. The van der Waals surface area contributed by atoms with Gasteiger partial charge in [0.25, 0.3) is 0 Å². The van der Waals surface area contributed by atoms with Crippen LogP contribution in [0.1, 0.15) is 5.69 Å². The molecule has 0 spiro atoms. The third-order valence-electron chi connectivity index (χ3n) is 2.96. The van der Waals surface area contributed by atoms with Gasteiger partial charge in [-0.2, -0.15) is 5.10 Å². The smallest absolute Gasteiger partial charge is 0.315 e. The van der Waals surface area contributed by atoms with Gasteiger partial charge < -0.3 is 15.4 Å². The van der Waals surface area contributed by atoms with Gasteiger partial charge in [-0.05, 0) is 18.2 Å². The van der Waals surface area contributed by atoms with Crippen LogP contribution in [-0.4, -0.2) is 41.1 Å². The Morgan fingerprint density at radius 3 is 3.00 bits per heavy atom. The van der Waals surface area contributed by atoms with Gasteiger partial charge in [0.2, 0.25) is 0 Å². The van der Waals surface area contributed by atoms with E-state index in [1.165, 1.54) is 0 Å². The van der Waals surface area contributed by atoms with Crippen molar-refractivity contribution in [2.24, 2.45) is 7.05 Å². The third-order valence-corrected chi connectivity index (χ3v) is 2.96. The first-order valence-corrected chi connectivity index (χ1v) is 6.64. The van der Waals surface area contributed by atoms with Crippen LogP contribution in [0.5, 0.6) is 0 Å². The van der Waals surface area contributed by atoms with E-state index in [0.29, 0.717) is 19.7 Å². The first kappa shape index (κ1) is 15.0. The molecule has 0 aromatic carbocycles. The average Bonchev–Trinajstić information content (AvgIpc) is 2.87. The Balaban J connectivity index is 1.93. The van der Waals surface area contributed by atoms with Gasteiger partial charge in [-0.1, -0.05) is 0 Å². The Hall–Kier alpha value is -2.41. The average molecular weight is 289 g/mol. The molecule has 0 unspecified atom stereocenters. The zero-order valence-corrected chi connectivity index (χ0v) is 12.2. The van der Waals surface area contributed by atoms with Gasteiger partial charge in [0.15, 0.2) is 0 Å². The van der Waals surface area contributed by atoms with Crippen molar-refractivity contribution in [1.29, 1.82) is 0 Å². The van der Waals surface area contributed by atoms with Crippen molar-refractivity contribution in [3.8, 4) is 11.3 Å². The molecular formula is C14H19N5O2. The zero-order chi connectivity index (χ0) is 15.1. The molecule has 2 aromatic heterocycles. The van der Waals surface area contributed by atoms with Crippen LogP contribution in [-0.2, 0) is 18.3 Å². The molecule has 0 aliphatic carbocycles. The van der Waals surface area contributed by atoms with Crippen molar-refractivity contribution in [1.82, 2.24) is 25.4 Å². The molecule has 0 saturated carbocycles. The summed E-state index contributed by atoms with van der Waals surface area (Å²) in [6, 6.07) is 5.53. The number of rotatable bonds is 6. The molecule has 0 fully saturated rings. The summed E-state index contributed by atoms with van der Waals surface area (Å²) in [6.45, 7) is 1.38. The van der Waals surface area contributed by atoms with Gasteiger partial charge in [-0.15, -0.1) is 0 Å². The van der Waals surface area contributed by atoms with Gasteiger partial charge in [0, 0.05) is 38.7 Å². The molecule has 7 heteroatoms. The van der Waals surface area contributed by atoms with E-state index in [2.05, 4.69) is 20.7 Å². The number of hydrogen-bond donors (Lipinski definition) is 2. The summed E-state index contributed by atoms with van der Waals surface area (Å²) < 4.78 is 6.61. The Morgan fingerprint density at radius 2 is 2.29 bits per heavy atom. The number of urea groups is 1. The summed E-state index contributed by atoms with van der Waals surface area (Å²) >= 11 is 0. The summed E-state index contributed by atoms with van der Waals surface area (Å²) in [4.78, 5) is 15.6. The van der Waals surface area contributed by atoms with Crippen LogP contribution in [0, 0.1) is 0 Å². The lowest BCUT2D eigenvalue weighted by molar-refractivity contribution is 0.195. The van der Waals surface area contributed by atoms with Crippen molar-refractivity contribution < 1.29 is 9.53 Å². The number of nitrogens with one attached hydrogen (secondary N) is 2. The lowest BCUT2D eigenvalue weighted by Gasteiger charge is -2.06. The minimum absolute atomic E-state index is 0.226. The van der Waals surface area contributed by atoms with Crippen LogP contribution < -0.4 is 10.6 Å². The van der Waals surface area contributed by atoms with Crippen LogP contribution in [0.25, 0.3) is 11.3 Å². The van der Waals surface area contributed by atoms with Gasteiger partial charge in [0.1, 0.15) is 0 Å². The van der Waals surface area contributed by atoms with E-state index in [1.54, 1.807) is 24.2 Å². The first-order valence-electron chi connectivity index (χ1n) is 6.64. The second kappa shape index (κ2) is 7.39. The highest BCUT2D eigenvalue weighted by Crippen LogP contribution is 2.17. The summed E-state index contributed by atoms with van der Waals surface area (Å²) in [6.07, 6.45) is 3.48. The van der Waals surface area contributed by atoms with Crippen LogP contribution >= 0.6 is 0 Å². The quantitative estimate of drug-likeness (QED) is 0.775. The molecule has 2 aromatic rings. The fraction of sp³-hybridized carbons (Fsp3) is 0.357. The Morgan fingerprint density at radius 1 is 1.43 bits per heavy atom. The highest BCUT2D eigenvalue weighted by atomic mass is 16.5. The van der Waals surface area contributed by atoms with Gasteiger partial charge in [-0.3, -0.25) is 9.67 Å². The van der Waals surface area contributed by atoms with Gasteiger partial charge in [0.05, 0.1) is 24.5 Å². The summed E-state index contributed by atoms with van der Waals surface area (Å²) in [5.41, 5.74) is 2.70. The van der Waals surface area contributed by atoms with E-state index in [0.717, 1.165) is 17.0 Å². The normalized spacial score (nSPS) is 10.4. The fourth-order valence-corrected chi connectivity index (χ4v) is 1.83. The maximum absolute atomic E-state index is 11.6. The maximum Gasteiger partial charge on any atom is 0.315 e. The predicted octanol–water partition coefficient (Wildman–Crippen LogP) is 0.928. The zero-order valence-electron chi connectivity index (χ0n) is 12.2. The number of hydrogen-bond acceptors (Lipinski definition) is 4. The van der Waals surface area contributed by atoms with Crippen molar-refractivity contribution >= 4 is 6.03 Å². The lowest BCUT2D eigenvalue weighted by Crippen LogP contribution is -2.37. The molecule has 21 heavy (non-hydrogen) atoms. The number of pyridine rings is 1. The molecule has 112 valence electrons. The monoisotopic (exact) mass is 289 g/mol. The van der Waals surface area contributed by atoms with Crippen molar-refractivity contribution in [2.75, 3.05) is 20.3 Å². The molecule has 2 amide bonds. The number of amides is 2. The second-order valence-corrected chi connectivity index (χ2v) is 4.49. The van der Waals surface area contributed by atoms with Crippen LogP contribution in [0.4, 0.5) is 4.79 Å². The fourth-order valence-electron chi connectivity index (χ4n) is 1.83. The molecule has 0 radical (unpaired) electrons. The Labute approximate surface area is 123 Å². The number of carbonyl (C=O) groups is 1. The Kier molecular flexibility index (Phi) is 5.28. The number of methoxy groups -OCH3 is 1. The molecule has 7 nitrogen and oxygen atoms in total. The molecule has 2 heterocycles. The minimum atomic E-state index is -0.226. The third kappa shape index (κ3) is 4.28. The van der Waals surface area contributed by atoms with E-state index >= 15 is 0 Å². The van der Waals surface area contributed by atoms with Gasteiger partial charge in [-0.25, -0.2) is 4.79 Å². The highest BCUT2D eigenvalue weighted by Gasteiger charge is 2.08. The van der Waals surface area contributed by atoms with Crippen LogP contribution in [0.2, 0.25) is 0 Å². The van der Waals surface area contributed by atoms with E-state index in [1.807, 2.05) is 25.2 Å². The second-order valence-electron chi connectivity index (χ2n) is 4.49. The number of ether oxygens (including phenoxy) is 1. The van der Waals surface area contributed by atoms with E-state index in [-0.39, 0.29) is 6.03 Å². The lowest BCUT2D eigenvalue weighted by atomic mass is 10.2. The van der Waals surface area contributed by atoms with Crippen molar-refractivity contribution in [3.63, 3.8) is 0 Å². The molecule has 0 aliphatic heterocycles. The summed E-state index contributed by atoms with van der Waals surface area (Å²) in [5.74, 6) is 0. The van der Waals surface area contributed by atoms with Crippen LogP contribution in [0.15, 0.2) is 30.6 Å². The van der Waals surface area contributed by atoms with E-state index in [4.69, 9.17) is 4.74 Å². The number of aromatic nitrogens is 3. The number of carbonyl (C=O) groups excluding carboxylic acids is 1. The molecule has 0 saturated heterocycles. The summed E-state index contributed by atoms with van der Waals surface area (Å²) in [5, 5.41) is 9.90. The number of nitrogens with zero attached hydrogens (tertiary/aromatic N) is 3. The molecule has 0 atom stereocenters. The maximum atomic E-state index is 11.6. The largest absolute Gasteiger partial charge is 0.383 e. The minimum Gasteiger partial charge on any atom is -0.383 e. The molecular weight excluding hydrogens is 270 g/mol. The van der Waals surface area contributed by atoms with Gasteiger partial charge >= 0.3 is 6.03 Å². The first-order chi connectivity index (χ1) is 10.2. The standard InChI is InChI=1S/C14H19N5O2/c1-19-12(10-17-14(20)16-6-7-21-2)8-13(18-19)11-4-3-5-15-9-11/h3-5,8-9H,6-7,10H2,1-2H3,(H2,16,17,20). The topological polar surface area (TPSA) is 81.1 Å². The van der Waals surface area contributed by atoms with Crippen LogP contribution in [0.3, 0.4) is 0 Å². The SMILES string of the molecule is COCCNC(=O)NCc1cc(-c2cccnc2)nn1C. The molecule has 0 bridgehead atoms. The molecule has 2 rings (SSSR count). The highest BCUT2D eigenvalue weighted by molar-refractivity contribution is 5.73. The number of aryl methyl sites for hydroxylation is 1. The van der Waals surface area contributed by atoms with Crippen molar-refractivity contribution in [3.05, 3.63) is 36.3 Å². The molecule has 0 aliphatic rings. The van der Waals surface area contributed by atoms with Crippen molar-refractivity contribution in [2.45, 2.75) is 6.54 Å². The summed E-state index contributed by atoms with van der Waals surface area (Å²) in [7, 11) is 3.44. The Bertz CT molecular complexity index is 582. The van der Waals surface area contributed by atoms with E-state index in [9.17, 15) is 4.79 Å².